The van der Waals surface area contributed by atoms with Gasteiger partial charge in [0.05, 0.1) is 17.7 Å². The van der Waals surface area contributed by atoms with Gasteiger partial charge >= 0.3 is 0 Å². The van der Waals surface area contributed by atoms with Crippen LogP contribution in [0.4, 0.5) is 0 Å². The number of rotatable bonds is 5. The summed E-state index contributed by atoms with van der Waals surface area (Å²) in [5.74, 6) is 0.837. The summed E-state index contributed by atoms with van der Waals surface area (Å²) >= 11 is 3.36. The Morgan fingerprint density at radius 3 is 2.76 bits per heavy atom. The Hall–Kier alpha value is -1.07. The van der Waals surface area contributed by atoms with E-state index in [9.17, 15) is 9.90 Å². The van der Waals surface area contributed by atoms with Gasteiger partial charge in [0, 0.05) is 12.1 Å². The fourth-order valence-electron chi connectivity index (χ4n) is 2.79. The highest BCUT2D eigenvalue weighted by Gasteiger charge is 2.22. The van der Waals surface area contributed by atoms with Crippen molar-refractivity contribution in [1.29, 1.82) is 0 Å². The summed E-state index contributed by atoms with van der Waals surface area (Å²) < 4.78 is 5.88. The molecule has 1 aliphatic carbocycles. The maximum absolute atomic E-state index is 12.1. The lowest BCUT2D eigenvalue weighted by Gasteiger charge is -2.26. The van der Waals surface area contributed by atoms with Crippen molar-refractivity contribution in [3.05, 3.63) is 28.2 Å². The molecule has 4 nitrogen and oxygen atoms in total. The molecule has 1 unspecified atom stereocenters. The third-order valence-corrected chi connectivity index (χ3v) is 4.70. The van der Waals surface area contributed by atoms with Gasteiger partial charge in [0.1, 0.15) is 5.75 Å². The van der Waals surface area contributed by atoms with E-state index in [4.69, 9.17) is 4.74 Å². The molecule has 0 radical (unpaired) electrons. The summed E-state index contributed by atoms with van der Waals surface area (Å²) in [6, 6.07) is 5.18. The predicted octanol–water partition coefficient (Wildman–Crippen LogP) is 3.13. The second kappa shape index (κ2) is 7.80. The normalized spacial score (nSPS) is 17.3. The Bertz CT molecular complexity index is 486. The standard InChI is InChI=1S/C16H22BrNO3/c1-21-15-8-7-12(9-13(15)17)16(20)18-10-14(19)11-5-3-2-4-6-11/h7-9,11,14,19H,2-6,10H2,1H3,(H,18,20). The first kappa shape index (κ1) is 16.3. The van der Waals surface area contributed by atoms with Crippen LogP contribution in [0.1, 0.15) is 42.5 Å². The molecule has 0 aliphatic heterocycles. The number of amides is 1. The number of nitrogens with one attached hydrogen (secondary N) is 1. The summed E-state index contributed by atoms with van der Waals surface area (Å²) in [6.45, 7) is 0.313. The first-order valence-corrected chi connectivity index (χ1v) is 8.21. The third-order valence-electron chi connectivity index (χ3n) is 4.08. The van der Waals surface area contributed by atoms with Crippen LogP contribution in [-0.4, -0.2) is 30.8 Å². The van der Waals surface area contributed by atoms with Crippen LogP contribution in [0.5, 0.6) is 5.75 Å². The van der Waals surface area contributed by atoms with E-state index in [-0.39, 0.29) is 5.91 Å². The highest BCUT2D eigenvalue weighted by atomic mass is 79.9. The highest BCUT2D eigenvalue weighted by Crippen LogP contribution is 2.27. The van der Waals surface area contributed by atoms with Crippen LogP contribution in [0.3, 0.4) is 0 Å². The molecule has 5 heteroatoms. The second-order valence-electron chi connectivity index (χ2n) is 5.52. The van der Waals surface area contributed by atoms with E-state index < -0.39 is 6.10 Å². The maximum atomic E-state index is 12.1. The molecule has 0 saturated heterocycles. The molecule has 1 amide bonds. The smallest absolute Gasteiger partial charge is 0.251 e. The van der Waals surface area contributed by atoms with Gasteiger partial charge in [0.15, 0.2) is 0 Å². The zero-order valence-electron chi connectivity index (χ0n) is 12.3. The summed E-state index contributed by atoms with van der Waals surface area (Å²) in [4.78, 5) is 12.1. The predicted molar refractivity (Wildman–Crippen MR) is 85.6 cm³/mol. The minimum absolute atomic E-state index is 0.173. The third kappa shape index (κ3) is 4.45. The number of hydrogen-bond acceptors (Lipinski definition) is 3. The van der Waals surface area contributed by atoms with Crippen molar-refractivity contribution < 1.29 is 14.6 Å². The Morgan fingerprint density at radius 2 is 2.14 bits per heavy atom. The Labute approximate surface area is 134 Å². The van der Waals surface area contributed by atoms with Crippen LogP contribution in [-0.2, 0) is 0 Å². The summed E-state index contributed by atoms with van der Waals surface area (Å²) in [5, 5.41) is 13.0. The van der Waals surface area contributed by atoms with Gasteiger partial charge in [-0.3, -0.25) is 4.79 Å². The van der Waals surface area contributed by atoms with Crippen molar-refractivity contribution >= 4 is 21.8 Å². The average Bonchev–Trinajstić information content (AvgIpc) is 2.53. The van der Waals surface area contributed by atoms with Gasteiger partial charge in [0.25, 0.3) is 5.91 Å². The van der Waals surface area contributed by atoms with E-state index in [0.717, 1.165) is 17.3 Å². The van der Waals surface area contributed by atoms with Crippen LogP contribution in [0.25, 0.3) is 0 Å². The van der Waals surface area contributed by atoms with Crippen molar-refractivity contribution in [2.24, 2.45) is 5.92 Å². The van der Waals surface area contributed by atoms with Crippen LogP contribution in [0.15, 0.2) is 22.7 Å². The SMILES string of the molecule is COc1ccc(C(=O)NCC(O)C2CCCCC2)cc1Br. The van der Waals surface area contributed by atoms with E-state index in [1.807, 2.05) is 0 Å². The maximum Gasteiger partial charge on any atom is 0.251 e. The zero-order valence-corrected chi connectivity index (χ0v) is 13.9. The van der Waals surface area contributed by atoms with Gasteiger partial charge < -0.3 is 15.2 Å². The second-order valence-corrected chi connectivity index (χ2v) is 6.38. The lowest BCUT2D eigenvalue weighted by molar-refractivity contribution is 0.0738. The molecule has 116 valence electrons. The molecule has 0 aromatic heterocycles. The number of halogens is 1. The topological polar surface area (TPSA) is 58.6 Å². The number of carbonyl (C=O) groups excluding carboxylic acids is 1. The minimum Gasteiger partial charge on any atom is -0.496 e. The molecule has 1 saturated carbocycles. The van der Waals surface area contributed by atoms with Crippen LogP contribution < -0.4 is 10.1 Å². The van der Waals surface area contributed by atoms with Gasteiger partial charge in [-0.1, -0.05) is 19.3 Å². The van der Waals surface area contributed by atoms with E-state index in [2.05, 4.69) is 21.2 Å². The van der Waals surface area contributed by atoms with Gasteiger partial charge in [-0.25, -0.2) is 0 Å². The monoisotopic (exact) mass is 355 g/mol. The van der Waals surface area contributed by atoms with Gasteiger partial charge in [-0.05, 0) is 52.9 Å². The van der Waals surface area contributed by atoms with E-state index in [1.165, 1.54) is 19.3 Å². The number of aliphatic hydroxyl groups is 1. The Balaban J connectivity index is 1.87. The van der Waals surface area contributed by atoms with E-state index >= 15 is 0 Å². The summed E-state index contributed by atoms with van der Waals surface area (Å²) in [7, 11) is 1.58. The number of aliphatic hydroxyl groups excluding tert-OH is 1. The first-order valence-electron chi connectivity index (χ1n) is 7.41. The molecular weight excluding hydrogens is 334 g/mol. The van der Waals surface area contributed by atoms with Crippen molar-refractivity contribution in [1.82, 2.24) is 5.32 Å². The van der Waals surface area contributed by atoms with Gasteiger partial charge in [-0.2, -0.15) is 0 Å². The molecule has 0 heterocycles. The zero-order chi connectivity index (χ0) is 15.2. The molecular formula is C16H22BrNO3. The molecule has 1 atom stereocenters. The first-order chi connectivity index (χ1) is 10.1. The van der Waals surface area contributed by atoms with Crippen molar-refractivity contribution in [3.63, 3.8) is 0 Å². The minimum atomic E-state index is -0.448. The van der Waals surface area contributed by atoms with Crippen LogP contribution >= 0.6 is 15.9 Å². The van der Waals surface area contributed by atoms with E-state index in [1.54, 1.807) is 25.3 Å². The fourth-order valence-corrected chi connectivity index (χ4v) is 3.33. The molecule has 2 N–H and O–H groups in total. The average molecular weight is 356 g/mol. The molecule has 2 rings (SSSR count). The lowest BCUT2D eigenvalue weighted by Crippen LogP contribution is -2.37. The molecule has 1 aromatic rings. The number of ether oxygens (including phenoxy) is 1. The summed E-state index contributed by atoms with van der Waals surface area (Å²) in [5.41, 5.74) is 0.554. The largest absolute Gasteiger partial charge is 0.496 e. The number of methoxy groups -OCH3 is 1. The van der Waals surface area contributed by atoms with Crippen molar-refractivity contribution in [2.75, 3.05) is 13.7 Å². The van der Waals surface area contributed by atoms with Crippen LogP contribution in [0.2, 0.25) is 0 Å². The molecule has 0 spiro atoms. The summed E-state index contributed by atoms with van der Waals surface area (Å²) in [6.07, 6.45) is 5.30. The lowest BCUT2D eigenvalue weighted by atomic mass is 9.85. The molecule has 1 aliphatic rings. The highest BCUT2D eigenvalue weighted by molar-refractivity contribution is 9.10. The molecule has 1 fully saturated rings. The van der Waals surface area contributed by atoms with Crippen LogP contribution in [0, 0.1) is 5.92 Å². The molecule has 1 aromatic carbocycles. The quantitative estimate of drug-likeness (QED) is 0.852. The molecule has 0 bridgehead atoms. The number of hydrogen-bond donors (Lipinski definition) is 2. The van der Waals surface area contributed by atoms with Gasteiger partial charge in [-0.15, -0.1) is 0 Å². The number of carbonyl (C=O) groups is 1. The fraction of sp³-hybridized carbons (Fsp3) is 0.562. The van der Waals surface area contributed by atoms with Gasteiger partial charge in [0.2, 0.25) is 0 Å². The Morgan fingerprint density at radius 1 is 1.43 bits per heavy atom. The van der Waals surface area contributed by atoms with E-state index in [0.29, 0.717) is 23.8 Å². The number of benzene rings is 1. The van der Waals surface area contributed by atoms with Crippen molar-refractivity contribution in [2.45, 2.75) is 38.2 Å². The molecule has 21 heavy (non-hydrogen) atoms. The Kier molecular flexibility index (Phi) is 6.06. The van der Waals surface area contributed by atoms with Crippen molar-refractivity contribution in [3.8, 4) is 5.75 Å².